The molecule has 1 aliphatic rings. The Bertz CT molecular complexity index is 1550. The van der Waals surface area contributed by atoms with E-state index < -0.39 is 6.04 Å². The fourth-order valence-electron chi connectivity index (χ4n) is 5.07. The van der Waals surface area contributed by atoms with Gasteiger partial charge in [-0.25, -0.2) is 4.79 Å². The predicted molar refractivity (Wildman–Crippen MR) is 160 cm³/mol. The number of nitrogens with one attached hydrogen (secondary N) is 1. The number of carbonyl (C=O) groups excluding carboxylic acids is 2. The molecule has 1 aliphatic heterocycles. The predicted octanol–water partition coefficient (Wildman–Crippen LogP) is 6.64. The van der Waals surface area contributed by atoms with E-state index in [1.807, 2.05) is 98.9 Å². The van der Waals surface area contributed by atoms with Gasteiger partial charge in [0.15, 0.2) is 0 Å². The molecular formula is C31H31BrN4O4. The highest BCUT2D eigenvalue weighted by Gasteiger charge is 2.39. The maximum atomic E-state index is 14.4. The summed E-state index contributed by atoms with van der Waals surface area (Å²) in [6, 6.07) is 23.6. The van der Waals surface area contributed by atoms with E-state index in [2.05, 4.69) is 25.8 Å². The smallest absolute Gasteiger partial charge is 0.322 e. The van der Waals surface area contributed by atoms with Crippen molar-refractivity contribution in [3.63, 3.8) is 0 Å². The lowest BCUT2D eigenvalue weighted by molar-refractivity contribution is -0.119. The van der Waals surface area contributed by atoms with Crippen molar-refractivity contribution in [2.24, 2.45) is 0 Å². The van der Waals surface area contributed by atoms with Gasteiger partial charge in [-0.05, 0) is 84.4 Å². The zero-order chi connectivity index (χ0) is 28.4. The molecule has 3 aromatic carbocycles. The molecule has 1 atom stereocenters. The topological polar surface area (TPSA) is 76.0 Å². The molecule has 0 spiro atoms. The van der Waals surface area contributed by atoms with Gasteiger partial charge in [0, 0.05) is 22.3 Å². The van der Waals surface area contributed by atoms with E-state index in [1.165, 1.54) is 4.90 Å². The number of methoxy groups -OCH3 is 2. The highest BCUT2D eigenvalue weighted by Crippen LogP contribution is 2.45. The number of carbonyl (C=O) groups is 2. The van der Waals surface area contributed by atoms with Crippen LogP contribution in [-0.4, -0.2) is 48.2 Å². The average molecular weight is 604 g/mol. The molecular weight excluding hydrogens is 572 g/mol. The zero-order valence-corrected chi connectivity index (χ0v) is 24.4. The van der Waals surface area contributed by atoms with E-state index in [0.717, 1.165) is 27.1 Å². The number of benzene rings is 3. The normalized spacial score (nSPS) is 13.8. The number of nitrogens with zero attached hydrogens (tertiary/aromatic N) is 3. The van der Waals surface area contributed by atoms with Crippen molar-refractivity contribution in [2.75, 3.05) is 31.0 Å². The lowest BCUT2D eigenvalue weighted by Crippen LogP contribution is -2.49. The molecule has 206 valence electrons. The minimum atomic E-state index is -0.525. The Balaban J connectivity index is 1.58. The standard InChI is InChI=1S/C31H31BrN4O4/c1-20(2)35(31(38)33-24-11-6-5-10-23(24)32)19-29(37)36-26-13-8-7-12-25(26)34-17-9-14-27(34)30(36)22-18-21(39-3)15-16-28(22)40-4/h5-18,20,30H,19H2,1-4H3,(H,33,38). The third kappa shape index (κ3) is 5.04. The molecule has 8 nitrogen and oxygen atoms in total. The summed E-state index contributed by atoms with van der Waals surface area (Å²) < 4.78 is 14.1. The van der Waals surface area contributed by atoms with E-state index in [9.17, 15) is 9.59 Å². The van der Waals surface area contributed by atoms with Gasteiger partial charge >= 0.3 is 6.03 Å². The van der Waals surface area contributed by atoms with Gasteiger partial charge in [0.05, 0.1) is 37.0 Å². The number of amides is 3. The molecule has 0 aliphatic carbocycles. The van der Waals surface area contributed by atoms with Crippen molar-refractivity contribution in [1.29, 1.82) is 0 Å². The number of aromatic nitrogens is 1. The molecule has 1 N–H and O–H groups in total. The number of hydrogen-bond donors (Lipinski definition) is 1. The molecule has 0 radical (unpaired) electrons. The highest BCUT2D eigenvalue weighted by atomic mass is 79.9. The summed E-state index contributed by atoms with van der Waals surface area (Å²) >= 11 is 3.48. The molecule has 0 fully saturated rings. The summed E-state index contributed by atoms with van der Waals surface area (Å²) in [6.45, 7) is 3.65. The maximum absolute atomic E-state index is 14.4. The van der Waals surface area contributed by atoms with Gasteiger partial charge in [-0.3, -0.25) is 9.69 Å². The van der Waals surface area contributed by atoms with Gasteiger partial charge in [-0.15, -0.1) is 0 Å². The summed E-state index contributed by atoms with van der Waals surface area (Å²) in [5.74, 6) is 1.05. The minimum Gasteiger partial charge on any atom is -0.497 e. The molecule has 1 unspecified atom stereocenters. The summed E-state index contributed by atoms with van der Waals surface area (Å²) in [5, 5.41) is 2.94. The molecule has 2 heterocycles. The second-order valence-corrected chi connectivity index (χ2v) is 10.6. The minimum absolute atomic E-state index is 0.133. The molecule has 1 aromatic heterocycles. The lowest BCUT2D eigenvalue weighted by Gasteiger charge is -2.40. The van der Waals surface area contributed by atoms with Gasteiger partial charge in [0.1, 0.15) is 24.1 Å². The van der Waals surface area contributed by atoms with Crippen molar-refractivity contribution >= 4 is 39.2 Å². The molecule has 0 saturated heterocycles. The maximum Gasteiger partial charge on any atom is 0.322 e. The summed E-state index contributed by atoms with van der Waals surface area (Å²) in [6.07, 6.45) is 1.99. The lowest BCUT2D eigenvalue weighted by atomic mass is 9.96. The fourth-order valence-corrected chi connectivity index (χ4v) is 5.45. The Hall–Kier alpha value is -4.24. The number of para-hydroxylation sites is 3. The quantitative estimate of drug-likeness (QED) is 0.257. The van der Waals surface area contributed by atoms with Crippen molar-refractivity contribution in [3.05, 3.63) is 101 Å². The third-order valence-corrected chi connectivity index (χ3v) is 7.72. The van der Waals surface area contributed by atoms with Crippen LogP contribution in [-0.2, 0) is 4.79 Å². The van der Waals surface area contributed by atoms with Crippen LogP contribution < -0.4 is 19.7 Å². The van der Waals surface area contributed by atoms with Gasteiger partial charge in [0.25, 0.3) is 0 Å². The Morgan fingerprint density at radius 1 is 0.950 bits per heavy atom. The Kier molecular flexibility index (Phi) is 7.84. The van der Waals surface area contributed by atoms with Crippen molar-refractivity contribution in [3.8, 4) is 17.2 Å². The number of hydrogen-bond acceptors (Lipinski definition) is 4. The van der Waals surface area contributed by atoms with Gasteiger partial charge < -0.3 is 24.3 Å². The third-order valence-electron chi connectivity index (χ3n) is 7.02. The summed E-state index contributed by atoms with van der Waals surface area (Å²) in [7, 11) is 3.22. The first-order valence-electron chi connectivity index (χ1n) is 13.0. The monoisotopic (exact) mass is 602 g/mol. The molecule has 0 saturated carbocycles. The molecule has 4 aromatic rings. The van der Waals surface area contributed by atoms with E-state index in [4.69, 9.17) is 9.47 Å². The van der Waals surface area contributed by atoms with Gasteiger partial charge in [-0.2, -0.15) is 0 Å². The first-order valence-corrected chi connectivity index (χ1v) is 13.8. The molecule has 40 heavy (non-hydrogen) atoms. The fraction of sp³-hybridized carbons (Fsp3) is 0.226. The van der Waals surface area contributed by atoms with Crippen LogP contribution in [0.2, 0.25) is 0 Å². The number of anilines is 2. The van der Waals surface area contributed by atoms with Crippen LogP contribution in [0.3, 0.4) is 0 Å². The SMILES string of the molecule is COc1ccc(OC)c(C2c3cccn3-c3ccccc3N2C(=O)CN(C(=O)Nc2ccccc2Br)C(C)C)c1. The van der Waals surface area contributed by atoms with Crippen LogP contribution in [0.15, 0.2) is 89.5 Å². The van der Waals surface area contributed by atoms with Crippen molar-refractivity contribution in [2.45, 2.75) is 25.9 Å². The number of urea groups is 1. The van der Waals surface area contributed by atoms with Crippen molar-refractivity contribution in [1.82, 2.24) is 9.47 Å². The number of ether oxygens (including phenoxy) is 2. The first-order chi connectivity index (χ1) is 19.3. The largest absolute Gasteiger partial charge is 0.497 e. The number of halogens is 1. The summed E-state index contributed by atoms with van der Waals surface area (Å²) in [4.78, 5) is 31.1. The van der Waals surface area contributed by atoms with Crippen molar-refractivity contribution < 1.29 is 19.1 Å². The second kappa shape index (κ2) is 11.5. The Morgan fingerprint density at radius 2 is 1.68 bits per heavy atom. The Labute approximate surface area is 242 Å². The van der Waals surface area contributed by atoms with E-state index >= 15 is 0 Å². The van der Waals surface area contributed by atoms with E-state index in [0.29, 0.717) is 17.2 Å². The zero-order valence-electron chi connectivity index (χ0n) is 22.8. The molecule has 3 amide bonds. The van der Waals surface area contributed by atoms with Gasteiger partial charge in [-0.1, -0.05) is 24.3 Å². The Morgan fingerprint density at radius 3 is 2.38 bits per heavy atom. The van der Waals surface area contributed by atoms with Crippen LogP contribution in [0.25, 0.3) is 5.69 Å². The average Bonchev–Trinajstić information content (AvgIpc) is 3.46. The number of fused-ring (bicyclic) bond motifs is 3. The van der Waals surface area contributed by atoms with Gasteiger partial charge in [0.2, 0.25) is 5.91 Å². The molecule has 0 bridgehead atoms. The van der Waals surface area contributed by atoms with E-state index in [-0.39, 0.29) is 24.5 Å². The van der Waals surface area contributed by atoms with E-state index in [1.54, 1.807) is 19.1 Å². The van der Waals surface area contributed by atoms with Crippen LogP contribution in [0, 0.1) is 0 Å². The van der Waals surface area contributed by atoms with Crippen LogP contribution in [0.5, 0.6) is 11.5 Å². The van der Waals surface area contributed by atoms with Crippen LogP contribution in [0.1, 0.15) is 31.1 Å². The van der Waals surface area contributed by atoms with Crippen LogP contribution >= 0.6 is 15.9 Å². The first kappa shape index (κ1) is 27.3. The summed E-state index contributed by atoms with van der Waals surface area (Å²) in [5.41, 5.74) is 3.92. The second-order valence-electron chi connectivity index (χ2n) is 9.70. The molecule has 9 heteroatoms. The molecule has 5 rings (SSSR count). The van der Waals surface area contributed by atoms with Crippen LogP contribution in [0.4, 0.5) is 16.2 Å². The highest BCUT2D eigenvalue weighted by molar-refractivity contribution is 9.10. The number of rotatable bonds is 7.